The van der Waals surface area contributed by atoms with Crippen LogP contribution in [0.3, 0.4) is 0 Å². The van der Waals surface area contributed by atoms with Gasteiger partial charge in [0.25, 0.3) is 0 Å². The summed E-state index contributed by atoms with van der Waals surface area (Å²) in [6.07, 6.45) is 0.720. The smallest absolute Gasteiger partial charge is 0.194 e. The standard InChI is InChI=1S/C24H30F3N5O5/c1-35-24-19(9-14-8-17(30-37-14)12-2-4-28-5-3-12)36-20(11-33)23(34)22(24)32-10-18(29-31-32)13-6-15(25)21(27)16(26)7-13/h6-7,10,12,14,19-20,22-24,28,33-34H,2-5,8-9,11H2,1H3/t14-,19-,20-,22+,23+,24+/m1/s1. The summed E-state index contributed by atoms with van der Waals surface area (Å²) in [6.45, 7) is 1.43. The molecule has 1 aromatic carbocycles. The Bertz CT molecular complexity index is 1100. The van der Waals surface area contributed by atoms with E-state index in [-0.39, 0.29) is 17.4 Å². The Morgan fingerprint density at radius 2 is 1.89 bits per heavy atom. The molecule has 3 aliphatic rings. The van der Waals surface area contributed by atoms with E-state index in [9.17, 15) is 23.4 Å². The van der Waals surface area contributed by atoms with Crippen molar-refractivity contribution >= 4 is 5.71 Å². The third-order valence-electron chi connectivity index (χ3n) is 7.39. The van der Waals surface area contributed by atoms with Gasteiger partial charge in [-0.2, -0.15) is 0 Å². The molecule has 202 valence electrons. The van der Waals surface area contributed by atoms with Crippen LogP contribution in [-0.4, -0.2) is 88.2 Å². The second-order valence-corrected chi connectivity index (χ2v) is 9.69. The van der Waals surface area contributed by atoms with Crippen LogP contribution < -0.4 is 5.32 Å². The van der Waals surface area contributed by atoms with Gasteiger partial charge in [-0.25, -0.2) is 17.9 Å². The van der Waals surface area contributed by atoms with Crippen molar-refractivity contribution in [2.45, 2.75) is 62.2 Å². The molecular formula is C24H30F3N5O5. The van der Waals surface area contributed by atoms with E-state index in [4.69, 9.17) is 14.3 Å². The van der Waals surface area contributed by atoms with Crippen molar-refractivity contribution in [1.29, 1.82) is 0 Å². The van der Waals surface area contributed by atoms with E-state index in [2.05, 4.69) is 20.8 Å². The molecule has 13 heteroatoms. The minimum Gasteiger partial charge on any atom is -0.394 e. The van der Waals surface area contributed by atoms with Gasteiger partial charge >= 0.3 is 0 Å². The first-order valence-corrected chi connectivity index (χ1v) is 12.4. The molecule has 1 aromatic heterocycles. The number of nitrogens with one attached hydrogen (secondary N) is 1. The third kappa shape index (κ3) is 5.23. The Kier molecular flexibility index (Phi) is 7.77. The third-order valence-corrected chi connectivity index (χ3v) is 7.39. The average molecular weight is 526 g/mol. The van der Waals surface area contributed by atoms with Crippen LogP contribution in [0, 0.1) is 23.4 Å². The monoisotopic (exact) mass is 525 g/mol. The number of aliphatic hydroxyl groups is 2. The molecule has 6 atom stereocenters. The van der Waals surface area contributed by atoms with E-state index >= 15 is 0 Å². The van der Waals surface area contributed by atoms with E-state index < -0.39 is 54.5 Å². The Balaban J connectivity index is 1.34. The first kappa shape index (κ1) is 26.0. The molecule has 3 aliphatic heterocycles. The highest BCUT2D eigenvalue weighted by atomic mass is 19.2. The van der Waals surface area contributed by atoms with Gasteiger partial charge in [0.2, 0.25) is 0 Å². The molecule has 0 saturated carbocycles. The van der Waals surface area contributed by atoms with E-state index in [1.807, 2.05) is 0 Å². The van der Waals surface area contributed by atoms with Gasteiger partial charge in [0.1, 0.15) is 36.2 Å². The van der Waals surface area contributed by atoms with Gasteiger partial charge in [0, 0.05) is 31.4 Å². The SMILES string of the molecule is CO[C@@H]1[C@@H](n2cc(-c3cc(F)c(F)c(F)c3)nn2)[C@@H](O)[C@@H](CO)O[C@@H]1C[C@H]1CC(C2CCNCC2)=NO1. The van der Waals surface area contributed by atoms with Gasteiger partial charge in [-0.1, -0.05) is 10.4 Å². The van der Waals surface area contributed by atoms with Crippen molar-refractivity contribution in [3.63, 3.8) is 0 Å². The number of halogens is 3. The zero-order valence-corrected chi connectivity index (χ0v) is 20.3. The average Bonchev–Trinajstić information content (AvgIpc) is 3.58. The van der Waals surface area contributed by atoms with E-state index in [0.717, 1.165) is 43.8 Å². The second-order valence-electron chi connectivity index (χ2n) is 9.69. The second kappa shape index (κ2) is 11.0. The fourth-order valence-corrected chi connectivity index (χ4v) is 5.45. The Morgan fingerprint density at radius 3 is 2.57 bits per heavy atom. The van der Waals surface area contributed by atoms with Crippen LogP contribution in [0.2, 0.25) is 0 Å². The molecule has 4 heterocycles. The number of oxime groups is 1. The lowest BCUT2D eigenvalue weighted by atomic mass is 9.87. The number of benzene rings is 1. The van der Waals surface area contributed by atoms with Gasteiger partial charge in [0.15, 0.2) is 17.5 Å². The molecule has 0 spiro atoms. The largest absolute Gasteiger partial charge is 0.394 e. The lowest BCUT2D eigenvalue weighted by molar-refractivity contribution is -0.219. The lowest BCUT2D eigenvalue weighted by Gasteiger charge is -2.44. The summed E-state index contributed by atoms with van der Waals surface area (Å²) in [4.78, 5) is 5.72. The predicted octanol–water partition coefficient (Wildman–Crippen LogP) is 1.57. The maximum Gasteiger partial charge on any atom is 0.194 e. The summed E-state index contributed by atoms with van der Waals surface area (Å²) in [5, 5.41) is 36.6. The fourth-order valence-electron chi connectivity index (χ4n) is 5.45. The lowest BCUT2D eigenvalue weighted by Crippen LogP contribution is -2.57. The number of hydrogen-bond donors (Lipinski definition) is 3. The first-order chi connectivity index (χ1) is 17.9. The molecule has 37 heavy (non-hydrogen) atoms. The summed E-state index contributed by atoms with van der Waals surface area (Å²) < 4.78 is 54.0. The van der Waals surface area contributed by atoms with Crippen LogP contribution in [0.4, 0.5) is 13.2 Å². The van der Waals surface area contributed by atoms with Crippen LogP contribution in [0.5, 0.6) is 0 Å². The maximum absolute atomic E-state index is 13.8. The quantitative estimate of drug-likeness (QED) is 0.466. The fraction of sp³-hybridized carbons (Fsp3) is 0.625. The number of rotatable bonds is 7. The molecule has 0 radical (unpaired) electrons. The van der Waals surface area contributed by atoms with Gasteiger partial charge in [0.05, 0.1) is 24.6 Å². The number of nitrogens with zero attached hydrogens (tertiary/aromatic N) is 4. The minimum atomic E-state index is -1.58. The Labute approximate surface area is 211 Å². The number of ether oxygens (including phenoxy) is 2. The molecule has 0 aliphatic carbocycles. The zero-order chi connectivity index (χ0) is 26.1. The summed E-state index contributed by atoms with van der Waals surface area (Å²) >= 11 is 0. The Morgan fingerprint density at radius 1 is 1.16 bits per heavy atom. The van der Waals surface area contributed by atoms with Crippen LogP contribution >= 0.6 is 0 Å². The van der Waals surface area contributed by atoms with Gasteiger partial charge in [-0.15, -0.1) is 5.10 Å². The van der Waals surface area contributed by atoms with E-state index in [0.29, 0.717) is 18.8 Å². The van der Waals surface area contributed by atoms with Crippen molar-refractivity contribution < 1.29 is 37.7 Å². The summed E-state index contributed by atoms with van der Waals surface area (Å²) in [7, 11) is 1.47. The van der Waals surface area contributed by atoms with Gasteiger partial charge < -0.3 is 29.8 Å². The molecule has 2 aromatic rings. The highest BCUT2D eigenvalue weighted by Gasteiger charge is 2.48. The number of aliphatic hydroxyl groups excluding tert-OH is 2. The van der Waals surface area contributed by atoms with Gasteiger partial charge in [-0.05, 0) is 38.1 Å². The number of hydrogen-bond acceptors (Lipinski definition) is 9. The summed E-state index contributed by atoms with van der Waals surface area (Å²) in [6, 6.07) is 0.790. The number of methoxy groups -OCH3 is 1. The molecular weight excluding hydrogens is 495 g/mol. The molecule has 2 fully saturated rings. The minimum absolute atomic E-state index is 0.0182. The van der Waals surface area contributed by atoms with Crippen LogP contribution in [-0.2, 0) is 14.3 Å². The van der Waals surface area contributed by atoms with E-state index in [1.54, 1.807) is 0 Å². The highest BCUT2D eigenvalue weighted by molar-refractivity contribution is 5.87. The topological polar surface area (TPSA) is 123 Å². The molecule has 5 rings (SSSR count). The van der Waals surface area contributed by atoms with Crippen LogP contribution in [0.25, 0.3) is 11.3 Å². The summed E-state index contributed by atoms with van der Waals surface area (Å²) in [5.74, 6) is -3.90. The number of piperidine rings is 1. The molecule has 10 nitrogen and oxygen atoms in total. The highest BCUT2D eigenvalue weighted by Crippen LogP contribution is 2.36. The van der Waals surface area contributed by atoms with Crippen LogP contribution in [0.15, 0.2) is 23.5 Å². The Hall–Kier alpha value is -2.58. The van der Waals surface area contributed by atoms with Crippen molar-refractivity contribution in [2.24, 2.45) is 11.1 Å². The first-order valence-electron chi connectivity index (χ1n) is 12.4. The van der Waals surface area contributed by atoms with E-state index in [1.165, 1.54) is 18.0 Å². The predicted molar refractivity (Wildman–Crippen MR) is 124 cm³/mol. The molecule has 2 saturated heterocycles. The number of aromatic nitrogens is 3. The maximum atomic E-state index is 13.8. The molecule has 0 bridgehead atoms. The summed E-state index contributed by atoms with van der Waals surface area (Å²) in [5.41, 5.74) is 1.09. The van der Waals surface area contributed by atoms with Crippen LogP contribution in [0.1, 0.15) is 31.7 Å². The van der Waals surface area contributed by atoms with Gasteiger partial charge in [-0.3, -0.25) is 0 Å². The zero-order valence-electron chi connectivity index (χ0n) is 20.3. The van der Waals surface area contributed by atoms with Crippen molar-refractivity contribution in [3.8, 4) is 11.3 Å². The van der Waals surface area contributed by atoms with Crippen molar-refractivity contribution in [2.75, 3.05) is 26.8 Å². The van der Waals surface area contributed by atoms with Crippen molar-refractivity contribution in [3.05, 3.63) is 35.8 Å². The molecule has 3 N–H and O–H groups in total. The molecule has 0 amide bonds. The van der Waals surface area contributed by atoms with Crippen molar-refractivity contribution in [1.82, 2.24) is 20.3 Å². The molecule has 0 unspecified atom stereocenters. The normalized spacial score (nSPS) is 30.8.